The summed E-state index contributed by atoms with van der Waals surface area (Å²) in [7, 11) is -3.48. The van der Waals surface area contributed by atoms with E-state index >= 15 is 0 Å². The quantitative estimate of drug-likeness (QED) is 0.238. The van der Waals surface area contributed by atoms with Crippen molar-refractivity contribution in [2.45, 2.75) is 77.0 Å². The topological polar surface area (TPSA) is 145 Å². The van der Waals surface area contributed by atoms with Crippen LogP contribution < -0.4 is 10.8 Å². The highest BCUT2D eigenvalue weighted by Gasteiger charge is 2.57. The van der Waals surface area contributed by atoms with Gasteiger partial charge in [-0.3, -0.25) is 19.2 Å². The number of sulfonamides is 1. The van der Waals surface area contributed by atoms with Crippen molar-refractivity contribution in [3.63, 3.8) is 0 Å². The van der Waals surface area contributed by atoms with Crippen molar-refractivity contribution in [2.24, 2.45) is 5.92 Å². The first-order valence-corrected chi connectivity index (χ1v) is 17.2. The van der Waals surface area contributed by atoms with Gasteiger partial charge in [0.25, 0.3) is 11.8 Å². The Morgan fingerprint density at radius 2 is 1.58 bits per heavy atom. The van der Waals surface area contributed by atoms with Crippen molar-refractivity contribution in [2.75, 3.05) is 19.3 Å². The third kappa shape index (κ3) is 8.68. The molecule has 0 unspecified atom stereocenters. The third-order valence-corrected chi connectivity index (χ3v) is 9.53. The number of carbonyl (C=O) groups excluding carboxylic acids is 4. The van der Waals surface area contributed by atoms with E-state index in [1.165, 1.54) is 4.31 Å². The molecule has 2 fully saturated rings. The van der Waals surface area contributed by atoms with E-state index in [9.17, 15) is 27.6 Å². The molecular weight excluding hydrogens is 598 g/mol. The molecule has 0 bridgehead atoms. The molecule has 0 saturated carbocycles. The molecule has 2 aromatic carbocycles. The normalized spacial score (nSPS) is 17.4. The largest absolute Gasteiger partial charge is 0.344 e. The molecule has 4 rings (SSSR count). The Bertz CT molecular complexity index is 1440. The van der Waals surface area contributed by atoms with Crippen molar-refractivity contribution in [3.05, 3.63) is 71.8 Å². The van der Waals surface area contributed by atoms with Gasteiger partial charge in [0.15, 0.2) is 0 Å². The van der Waals surface area contributed by atoms with Crippen LogP contribution in [0.2, 0.25) is 0 Å². The Kier molecular flexibility index (Phi) is 11.3. The molecule has 1 spiro atoms. The minimum atomic E-state index is -3.48. The number of hydrogen-bond donors (Lipinski definition) is 2. The zero-order valence-corrected chi connectivity index (χ0v) is 26.9. The van der Waals surface area contributed by atoms with E-state index < -0.39 is 45.4 Å². The highest BCUT2D eigenvalue weighted by Crippen LogP contribution is 2.33. The minimum Gasteiger partial charge on any atom is -0.321 e. The lowest BCUT2D eigenvalue weighted by atomic mass is 9.88. The fourth-order valence-electron chi connectivity index (χ4n) is 5.63. The van der Waals surface area contributed by atoms with Gasteiger partial charge in [0.05, 0.1) is 12.9 Å². The first-order chi connectivity index (χ1) is 21.4. The summed E-state index contributed by atoms with van der Waals surface area (Å²) in [6.45, 7) is 4.06. The number of urea groups is 1. The summed E-state index contributed by atoms with van der Waals surface area (Å²) >= 11 is 0. The highest BCUT2D eigenvalue weighted by atomic mass is 32.2. The maximum atomic E-state index is 14.1. The van der Waals surface area contributed by atoms with Gasteiger partial charge in [-0.05, 0) is 55.6 Å². The number of hydrogen-bond acceptors (Lipinski definition) is 7. The third-order valence-electron chi connectivity index (χ3n) is 8.23. The van der Waals surface area contributed by atoms with Gasteiger partial charge in [0, 0.05) is 19.5 Å². The fourth-order valence-corrected chi connectivity index (χ4v) is 6.48. The maximum absolute atomic E-state index is 14.1. The summed E-state index contributed by atoms with van der Waals surface area (Å²) in [6, 6.07) is 16.9. The number of imide groups is 1. The SMILES string of the molecule is CC(C)CCC(=O)N([C@@H](CCCc1ccccc1)C(=O)NOCc1ccccc1)N1C(=O)NC2(CCN(S(C)(=O)=O)CC2)C1=O. The average Bonchev–Trinajstić information content (AvgIpc) is 3.24. The van der Waals surface area contributed by atoms with E-state index in [0.717, 1.165) is 27.4 Å². The number of amides is 5. The van der Waals surface area contributed by atoms with Crippen molar-refractivity contribution < 1.29 is 32.4 Å². The molecule has 2 saturated heterocycles. The van der Waals surface area contributed by atoms with Crippen molar-refractivity contribution in [3.8, 4) is 0 Å². The monoisotopic (exact) mass is 641 g/mol. The van der Waals surface area contributed by atoms with Crippen molar-refractivity contribution in [1.82, 2.24) is 25.1 Å². The van der Waals surface area contributed by atoms with Crippen LogP contribution >= 0.6 is 0 Å². The molecule has 12 nitrogen and oxygen atoms in total. The molecule has 5 amide bonds. The predicted octanol–water partition coefficient (Wildman–Crippen LogP) is 3.15. The molecule has 0 aromatic heterocycles. The molecule has 2 aliphatic rings. The van der Waals surface area contributed by atoms with Crippen LogP contribution in [-0.2, 0) is 42.3 Å². The molecule has 2 N–H and O–H groups in total. The molecule has 2 heterocycles. The van der Waals surface area contributed by atoms with Crippen LogP contribution in [-0.4, -0.2) is 77.4 Å². The number of rotatable bonds is 14. The van der Waals surface area contributed by atoms with Gasteiger partial charge < -0.3 is 5.32 Å². The van der Waals surface area contributed by atoms with Crippen LogP contribution in [0.5, 0.6) is 0 Å². The highest BCUT2D eigenvalue weighted by molar-refractivity contribution is 7.88. The standard InChI is InChI=1S/C32H43N5O7S/c1-24(2)17-18-28(38)36(37-30(40)32(33-31(37)41)19-21-35(22-20-32)45(3,42)43)27(16-10-15-25-11-6-4-7-12-25)29(39)34-44-23-26-13-8-5-9-14-26/h4-9,11-14,24,27H,10,15-23H2,1-3H3,(H,33,41)(H,34,39)/t27-/m0/s1. The van der Waals surface area contributed by atoms with Gasteiger partial charge in [0.2, 0.25) is 15.9 Å². The molecule has 13 heteroatoms. The summed E-state index contributed by atoms with van der Waals surface area (Å²) in [5, 5.41) is 4.51. The van der Waals surface area contributed by atoms with Gasteiger partial charge in [-0.15, -0.1) is 0 Å². The lowest BCUT2D eigenvalue weighted by molar-refractivity contribution is -0.168. The fraction of sp³-hybridized carbons (Fsp3) is 0.500. The van der Waals surface area contributed by atoms with Crippen LogP contribution in [0.25, 0.3) is 0 Å². The lowest BCUT2D eigenvalue weighted by Gasteiger charge is -2.38. The van der Waals surface area contributed by atoms with Gasteiger partial charge >= 0.3 is 6.03 Å². The number of aryl methyl sites for hydroxylation is 1. The number of nitrogens with one attached hydrogen (secondary N) is 2. The zero-order chi connectivity index (χ0) is 32.6. The lowest BCUT2D eigenvalue weighted by Crippen LogP contribution is -2.61. The van der Waals surface area contributed by atoms with E-state index in [4.69, 9.17) is 4.84 Å². The van der Waals surface area contributed by atoms with E-state index in [0.29, 0.717) is 19.3 Å². The summed E-state index contributed by atoms with van der Waals surface area (Å²) in [5.41, 5.74) is 2.93. The Hall–Kier alpha value is -3.81. The van der Waals surface area contributed by atoms with Gasteiger partial charge in [0.1, 0.15) is 11.6 Å². The van der Waals surface area contributed by atoms with Crippen LogP contribution in [0, 0.1) is 5.92 Å². The van der Waals surface area contributed by atoms with Crippen LogP contribution in [0.15, 0.2) is 60.7 Å². The van der Waals surface area contributed by atoms with Crippen molar-refractivity contribution >= 4 is 33.8 Å². The molecule has 2 aliphatic heterocycles. The molecular formula is C32H43N5O7S. The first-order valence-electron chi connectivity index (χ1n) is 15.3. The summed E-state index contributed by atoms with van der Waals surface area (Å²) in [6.07, 6.45) is 2.91. The predicted molar refractivity (Wildman–Crippen MR) is 167 cm³/mol. The van der Waals surface area contributed by atoms with Crippen LogP contribution in [0.4, 0.5) is 4.79 Å². The van der Waals surface area contributed by atoms with Crippen molar-refractivity contribution in [1.29, 1.82) is 0 Å². The molecule has 2 aromatic rings. The second-order valence-electron chi connectivity index (χ2n) is 12.1. The van der Waals surface area contributed by atoms with E-state index in [1.807, 2.05) is 74.5 Å². The Morgan fingerprint density at radius 1 is 0.978 bits per heavy atom. The average molecular weight is 642 g/mol. The number of hydroxylamine groups is 1. The van der Waals surface area contributed by atoms with Crippen LogP contribution in [0.3, 0.4) is 0 Å². The summed E-state index contributed by atoms with van der Waals surface area (Å²) in [4.78, 5) is 60.8. The number of carbonyl (C=O) groups is 4. The molecule has 45 heavy (non-hydrogen) atoms. The van der Waals surface area contributed by atoms with Gasteiger partial charge in [-0.25, -0.2) is 28.0 Å². The smallest absolute Gasteiger partial charge is 0.321 e. The number of benzene rings is 2. The second kappa shape index (κ2) is 15.0. The minimum absolute atomic E-state index is 0.0108. The maximum Gasteiger partial charge on any atom is 0.344 e. The summed E-state index contributed by atoms with van der Waals surface area (Å²) < 4.78 is 25.5. The van der Waals surface area contributed by atoms with Gasteiger partial charge in [-0.2, -0.15) is 5.01 Å². The molecule has 0 radical (unpaired) electrons. The Morgan fingerprint density at radius 3 is 2.16 bits per heavy atom. The van der Waals surface area contributed by atoms with Gasteiger partial charge in [-0.1, -0.05) is 74.5 Å². The van der Waals surface area contributed by atoms with E-state index in [2.05, 4.69) is 10.8 Å². The van der Waals surface area contributed by atoms with E-state index in [-0.39, 0.29) is 51.3 Å². The molecule has 244 valence electrons. The molecule has 0 aliphatic carbocycles. The number of nitrogens with zero attached hydrogens (tertiary/aromatic N) is 3. The van der Waals surface area contributed by atoms with E-state index in [1.54, 1.807) is 0 Å². The Labute approximate surface area is 265 Å². The van der Waals surface area contributed by atoms with Crippen LogP contribution in [0.1, 0.15) is 63.5 Å². The molecule has 1 atom stereocenters. The number of hydrazine groups is 1. The zero-order valence-electron chi connectivity index (χ0n) is 26.1. The number of piperidine rings is 1. The first kappa shape index (κ1) is 34.1. The second-order valence-corrected chi connectivity index (χ2v) is 14.1. The Balaban J connectivity index is 1.61. The summed E-state index contributed by atoms with van der Waals surface area (Å²) in [5.74, 6) is -1.72.